The van der Waals surface area contributed by atoms with Crippen molar-refractivity contribution >= 4 is 23.4 Å². The van der Waals surface area contributed by atoms with Gasteiger partial charge in [0.2, 0.25) is 5.95 Å². The van der Waals surface area contributed by atoms with Gasteiger partial charge in [-0.2, -0.15) is 0 Å². The lowest BCUT2D eigenvalue weighted by molar-refractivity contribution is 0.225. The highest BCUT2D eigenvalue weighted by atomic mass is 32.2. The molecule has 0 atom stereocenters. The molecule has 6 nitrogen and oxygen atoms in total. The lowest BCUT2D eigenvalue weighted by Gasteiger charge is -2.39. The van der Waals surface area contributed by atoms with Crippen molar-refractivity contribution < 1.29 is 0 Å². The lowest BCUT2D eigenvalue weighted by Crippen LogP contribution is -2.40. The summed E-state index contributed by atoms with van der Waals surface area (Å²) in [5.74, 6) is 1.02. The molecule has 0 amide bonds. The van der Waals surface area contributed by atoms with E-state index in [-0.39, 0.29) is 0 Å². The highest BCUT2D eigenvalue weighted by molar-refractivity contribution is 7.99. The van der Waals surface area contributed by atoms with Gasteiger partial charge in [0.05, 0.1) is 4.90 Å². The highest BCUT2D eigenvalue weighted by Gasteiger charge is 2.37. The summed E-state index contributed by atoms with van der Waals surface area (Å²) in [6.07, 6.45) is 17.9. The van der Waals surface area contributed by atoms with Gasteiger partial charge in [0, 0.05) is 51.1 Å². The smallest absolute Gasteiger partial charge is 0.211 e. The molecule has 1 saturated heterocycles. The standard InChI is InChI=1S/C19H24N6S/c1-23-12-8-21-18(23)26-15-14-22-17(25-13-9-20-16(15)25)24-10-6-19(7-11-24)4-2-3-5-19/h8-9,12-14H,2-7,10-11H2,1H3. The average Bonchev–Trinajstić information content (AvgIpc) is 3.39. The second kappa shape index (κ2) is 6.30. The summed E-state index contributed by atoms with van der Waals surface area (Å²) in [7, 11) is 2.01. The number of aromatic nitrogens is 5. The van der Waals surface area contributed by atoms with Gasteiger partial charge in [-0.3, -0.25) is 4.40 Å². The van der Waals surface area contributed by atoms with Crippen LogP contribution in [0.15, 0.2) is 41.0 Å². The van der Waals surface area contributed by atoms with Crippen molar-refractivity contribution in [3.05, 3.63) is 31.0 Å². The van der Waals surface area contributed by atoms with E-state index < -0.39 is 0 Å². The van der Waals surface area contributed by atoms with Gasteiger partial charge in [-0.05, 0) is 42.9 Å². The quantitative estimate of drug-likeness (QED) is 0.704. The number of nitrogens with zero attached hydrogens (tertiary/aromatic N) is 6. The molecular formula is C19H24N6S. The lowest BCUT2D eigenvalue weighted by atomic mass is 9.77. The van der Waals surface area contributed by atoms with Crippen LogP contribution in [-0.4, -0.2) is 37.0 Å². The van der Waals surface area contributed by atoms with E-state index in [4.69, 9.17) is 4.98 Å². The van der Waals surface area contributed by atoms with Gasteiger partial charge >= 0.3 is 0 Å². The second-order valence-electron chi connectivity index (χ2n) is 7.66. The zero-order valence-corrected chi connectivity index (χ0v) is 16.0. The van der Waals surface area contributed by atoms with E-state index in [0.717, 1.165) is 34.7 Å². The van der Waals surface area contributed by atoms with Crippen molar-refractivity contribution in [2.75, 3.05) is 18.0 Å². The molecule has 0 unspecified atom stereocenters. The first-order chi connectivity index (χ1) is 12.7. The summed E-state index contributed by atoms with van der Waals surface area (Å²) in [4.78, 5) is 17.3. The Morgan fingerprint density at radius 2 is 1.73 bits per heavy atom. The van der Waals surface area contributed by atoms with Gasteiger partial charge in [-0.15, -0.1) is 0 Å². The van der Waals surface area contributed by atoms with Crippen LogP contribution in [0, 0.1) is 5.41 Å². The van der Waals surface area contributed by atoms with E-state index >= 15 is 0 Å². The van der Waals surface area contributed by atoms with Gasteiger partial charge in [-0.1, -0.05) is 12.8 Å². The Morgan fingerprint density at radius 1 is 0.962 bits per heavy atom. The Balaban J connectivity index is 1.42. The molecule has 2 aliphatic rings. The Kier molecular flexibility index (Phi) is 3.92. The minimum atomic E-state index is 0.624. The number of hydrogen-bond acceptors (Lipinski definition) is 5. The zero-order chi connectivity index (χ0) is 17.6. The maximum atomic E-state index is 4.82. The Bertz CT molecular complexity index is 913. The predicted octanol–water partition coefficient (Wildman–Crippen LogP) is 3.77. The minimum absolute atomic E-state index is 0.624. The van der Waals surface area contributed by atoms with Gasteiger partial charge in [0.25, 0.3) is 0 Å². The third kappa shape index (κ3) is 2.69. The van der Waals surface area contributed by atoms with Gasteiger partial charge < -0.3 is 9.47 Å². The molecule has 1 aliphatic carbocycles. The Labute approximate surface area is 157 Å². The van der Waals surface area contributed by atoms with Crippen LogP contribution in [0.1, 0.15) is 38.5 Å². The van der Waals surface area contributed by atoms with Crippen LogP contribution in [0.4, 0.5) is 5.95 Å². The van der Waals surface area contributed by atoms with Crippen LogP contribution < -0.4 is 4.90 Å². The molecule has 1 spiro atoms. The largest absolute Gasteiger partial charge is 0.342 e. The fourth-order valence-corrected chi connectivity index (χ4v) is 5.41. The van der Waals surface area contributed by atoms with Crippen molar-refractivity contribution in [1.82, 2.24) is 23.9 Å². The van der Waals surface area contributed by atoms with Gasteiger partial charge in [0.15, 0.2) is 10.8 Å². The first-order valence-corrected chi connectivity index (χ1v) is 10.3. The summed E-state index contributed by atoms with van der Waals surface area (Å²) in [5.41, 5.74) is 1.59. The summed E-state index contributed by atoms with van der Waals surface area (Å²) in [6.45, 7) is 2.21. The van der Waals surface area contributed by atoms with Gasteiger partial charge in [-0.25, -0.2) is 15.0 Å². The molecule has 2 fully saturated rings. The summed E-state index contributed by atoms with van der Waals surface area (Å²) >= 11 is 1.61. The first kappa shape index (κ1) is 16.2. The van der Waals surface area contributed by atoms with Crippen molar-refractivity contribution in [2.24, 2.45) is 12.5 Å². The summed E-state index contributed by atoms with van der Waals surface area (Å²) in [6, 6.07) is 0. The first-order valence-electron chi connectivity index (χ1n) is 9.46. The number of aryl methyl sites for hydroxylation is 1. The molecule has 0 radical (unpaired) electrons. The van der Waals surface area contributed by atoms with E-state index in [1.165, 1.54) is 38.5 Å². The van der Waals surface area contributed by atoms with E-state index in [9.17, 15) is 0 Å². The van der Waals surface area contributed by atoms with Crippen LogP contribution in [0.25, 0.3) is 5.65 Å². The molecule has 0 N–H and O–H groups in total. The summed E-state index contributed by atoms with van der Waals surface area (Å²) in [5, 5.41) is 0.950. The molecule has 136 valence electrons. The number of piperidine rings is 1. The molecule has 4 heterocycles. The molecule has 0 bridgehead atoms. The van der Waals surface area contributed by atoms with Crippen LogP contribution >= 0.6 is 11.8 Å². The topological polar surface area (TPSA) is 51.2 Å². The average molecular weight is 369 g/mol. The third-order valence-corrected chi connectivity index (χ3v) is 7.21. The molecule has 5 rings (SSSR count). The van der Waals surface area contributed by atoms with E-state index in [1.54, 1.807) is 11.8 Å². The third-order valence-electron chi connectivity index (χ3n) is 6.12. The molecule has 3 aromatic heterocycles. The highest BCUT2D eigenvalue weighted by Crippen LogP contribution is 2.46. The number of hydrogen-bond donors (Lipinski definition) is 0. The van der Waals surface area contributed by atoms with Crippen molar-refractivity contribution in [3.8, 4) is 0 Å². The van der Waals surface area contributed by atoms with E-state index in [2.05, 4.69) is 19.3 Å². The van der Waals surface area contributed by atoms with Crippen molar-refractivity contribution in [3.63, 3.8) is 0 Å². The maximum Gasteiger partial charge on any atom is 0.211 e. The fraction of sp³-hybridized carbons (Fsp3) is 0.526. The number of anilines is 1. The SMILES string of the molecule is Cn1ccnc1Sc1cnc(N2CCC3(CCCC3)CC2)n2ccnc12. The normalized spacial score (nSPS) is 19.7. The van der Waals surface area contributed by atoms with Crippen molar-refractivity contribution in [2.45, 2.75) is 48.6 Å². The van der Waals surface area contributed by atoms with E-state index in [1.807, 2.05) is 42.6 Å². The second-order valence-corrected chi connectivity index (χ2v) is 8.67. The maximum absolute atomic E-state index is 4.82. The number of rotatable bonds is 3. The molecule has 1 saturated carbocycles. The van der Waals surface area contributed by atoms with Crippen LogP contribution in [0.2, 0.25) is 0 Å². The number of fused-ring (bicyclic) bond motifs is 1. The van der Waals surface area contributed by atoms with Crippen LogP contribution in [-0.2, 0) is 7.05 Å². The molecule has 0 aromatic carbocycles. The molecule has 1 aliphatic heterocycles. The molecule has 3 aromatic rings. The number of imidazole rings is 2. The van der Waals surface area contributed by atoms with Gasteiger partial charge in [0.1, 0.15) is 0 Å². The summed E-state index contributed by atoms with van der Waals surface area (Å²) < 4.78 is 4.15. The van der Waals surface area contributed by atoms with Crippen LogP contribution in [0.3, 0.4) is 0 Å². The minimum Gasteiger partial charge on any atom is -0.342 e. The monoisotopic (exact) mass is 368 g/mol. The van der Waals surface area contributed by atoms with Crippen LogP contribution in [0.5, 0.6) is 0 Å². The van der Waals surface area contributed by atoms with Crippen molar-refractivity contribution in [1.29, 1.82) is 0 Å². The molecule has 26 heavy (non-hydrogen) atoms. The Hall–Kier alpha value is -2.02. The molecular weight excluding hydrogens is 344 g/mol. The zero-order valence-electron chi connectivity index (χ0n) is 15.1. The van der Waals surface area contributed by atoms with E-state index in [0.29, 0.717) is 5.41 Å². The predicted molar refractivity (Wildman–Crippen MR) is 103 cm³/mol. The Morgan fingerprint density at radius 3 is 2.46 bits per heavy atom. The fourth-order valence-electron chi connectivity index (χ4n) is 4.54. The molecule has 7 heteroatoms.